The van der Waals surface area contributed by atoms with Gasteiger partial charge in [0.05, 0.1) is 23.4 Å². The van der Waals surface area contributed by atoms with Crippen molar-refractivity contribution in [3.8, 4) is 0 Å². The summed E-state index contributed by atoms with van der Waals surface area (Å²) in [7, 11) is 1.67. The summed E-state index contributed by atoms with van der Waals surface area (Å²) in [4.78, 5) is 31.3. The third kappa shape index (κ3) is 5.65. The molecular formula is C23H28N4O3S. The quantitative estimate of drug-likeness (QED) is 0.484. The first-order valence-electron chi connectivity index (χ1n) is 10.3. The lowest BCUT2D eigenvalue weighted by Crippen LogP contribution is -2.30. The molecule has 8 heteroatoms. The zero-order valence-electron chi connectivity index (χ0n) is 18.1. The van der Waals surface area contributed by atoms with Gasteiger partial charge in [0, 0.05) is 38.0 Å². The second-order valence-electron chi connectivity index (χ2n) is 6.92. The molecule has 1 N–H and O–H groups in total. The fourth-order valence-corrected chi connectivity index (χ4v) is 4.12. The molecule has 3 rings (SSSR count). The van der Waals surface area contributed by atoms with Crippen molar-refractivity contribution in [3.63, 3.8) is 0 Å². The fourth-order valence-electron chi connectivity index (χ4n) is 3.28. The van der Waals surface area contributed by atoms with Crippen molar-refractivity contribution >= 4 is 40.3 Å². The monoisotopic (exact) mass is 440 g/mol. The van der Waals surface area contributed by atoms with Crippen LogP contribution in [0, 0.1) is 0 Å². The number of carbonyl (C=O) groups is 2. The molecule has 0 saturated heterocycles. The van der Waals surface area contributed by atoms with Crippen LogP contribution in [0.25, 0.3) is 11.0 Å². The highest BCUT2D eigenvalue weighted by Crippen LogP contribution is 2.24. The lowest BCUT2D eigenvalue weighted by molar-refractivity contribution is -0.113. The molecule has 7 nitrogen and oxygen atoms in total. The van der Waals surface area contributed by atoms with E-state index in [2.05, 4.69) is 14.9 Å². The lowest BCUT2D eigenvalue weighted by atomic mass is 10.2. The maximum atomic E-state index is 12.5. The Morgan fingerprint density at radius 1 is 1.10 bits per heavy atom. The van der Waals surface area contributed by atoms with Crippen LogP contribution in [-0.2, 0) is 16.1 Å². The lowest BCUT2D eigenvalue weighted by Gasteiger charge is -2.18. The molecule has 0 spiro atoms. The molecular weight excluding hydrogens is 412 g/mol. The average Bonchev–Trinajstić information content (AvgIpc) is 3.15. The molecule has 1 aromatic heterocycles. The summed E-state index contributed by atoms with van der Waals surface area (Å²) in [5, 5.41) is 3.67. The number of amides is 2. The minimum atomic E-state index is -0.127. The van der Waals surface area contributed by atoms with E-state index in [1.165, 1.54) is 11.8 Å². The summed E-state index contributed by atoms with van der Waals surface area (Å²) in [6.07, 6.45) is 0. The van der Waals surface area contributed by atoms with Gasteiger partial charge in [0.25, 0.3) is 5.91 Å². The van der Waals surface area contributed by atoms with Crippen molar-refractivity contribution in [1.82, 2.24) is 14.5 Å². The fraction of sp³-hybridized carbons (Fsp3) is 0.348. The van der Waals surface area contributed by atoms with Crippen LogP contribution < -0.4 is 5.32 Å². The Morgan fingerprint density at radius 2 is 1.81 bits per heavy atom. The number of hydrogen-bond donors (Lipinski definition) is 1. The number of methoxy groups -OCH3 is 1. The van der Waals surface area contributed by atoms with E-state index < -0.39 is 0 Å². The Bertz CT molecular complexity index is 1030. The van der Waals surface area contributed by atoms with Crippen LogP contribution in [0.15, 0.2) is 53.7 Å². The van der Waals surface area contributed by atoms with Gasteiger partial charge in [0.15, 0.2) is 5.16 Å². The molecule has 0 atom stereocenters. The summed E-state index contributed by atoms with van der Waals surface area (Å²) in [5.41, 5.74) is 3.20. The van der Waals surface area contributed by atoms with Crippen LogP contribution in [0.1, 0.15) is 24.2 Å². The van der Waals surface area contributed by atoms with Gasteiger partial charge in [0.2, 0.25) is 5.91 Å². The van der Waals surface area contributed by atoms with E-state index in [9.17, 15) is 9.59 Å². The van der Waals surface area contributed by atoms with Crippen molar-refractivity contribution in [2.75, 3.05) is 37.9 Å². The number of nitrogens with one attached hydrogen (secondary N) is 1. The molecule has 3 aromatic rings. The van der Waals surface area contributed by atoms with E-state index >= 15 is 0 Å². The van der Waals surface area contributed by atoms with Crippen LogP contribution in [-0.4, -0.2) is 58.8 Å². The molecule has 0 fully saturated rings. The molecule has 0 radical (unpaired) electrons. The summed E-state index contributed by atoms with van der Waals surface area (Å²) < 4.78 is 7.29. The second kappa shape index (κ2) is 11.0. The largest absolute Gasteiger partial charge is 0.383 e. The van der Waals surface area contributed by atoms with Crippen LogP contribution in [0.5, 0.6) is 0 Å². The maximum Gasteiger partial charge on any atom is 0.253 e. The highest BCUT2D eigenvalue weighted by Gasteiger charge is 2.14. The Morgan fingerprint density at radius 3 is 2.48 bits per heavy atom. The second-order valence-corrected chi connectivity index (χ2v) is 7.86. The predicted octanol–water partition coefficient (Wildman–Crippen LogP) is 3.90. The molecule has 0 aliphatic carbocycles. The Balaban J connectivity index is 1.62. The molecule has 0 saturated carbocycles. The third-order valence-electron chi connectivity index (χ3n) is 4.94. The van der Waals surface area contributed by atoms with Crippen molar-refractivity contribution in [2.45, 2.75) is 25.5 Å². The number of nitrogens with zero attached hydrogens (tertiary/aromatic N) is 3. The first-order valence-corrected chi connectivity index (χ1v) is 11.3. The van der Waals surface area contributed by atoms with Gasteiger partial charge in [-0.3, -0.25) is 9.59 Å². The average molecular weight is 441 g/mol. The molecule has 0 aliphatic heterocycles. The number of aromatic nitrogens is 2. The van der Waals surface area contributed by atoms with E-state index in [1.54, 1.807) is 36.3 Å². The van der Waals surface area contributed by atoms with Crippen LogP contribution in [0.2, 0.25) is 0 Å². The van der Waals surface area contributed by atoms with Crippen molar-refractivity contribution in [1.29, 1.82) is 0 Å². The normalized spacial score (nSPS) is 10.9. The molecule has 0 unspecified atom stereocenters. The molecule has 0 aliphatic rings. The third-order valence-corrected chi connectivity index (χ3v) is 5.91. The van der Waals surface area contributed by atoms with E-state index in [4.69, 9.17) is 4.74 Å². The number of fused-ring (bicyclic) bond motifs is 1. The smallest absolute Gasteiger partial charge is 0.253 e. The van der Waals surface area contributed by atoms with Crippen molar-refractivity contribution < 1.29 is 14.3 Å². The van der Waals surface area contributed by atoms with Gasteiger partial charge in [-0.2, -0.15) is 0 Å². The summed E-state index contributed by atoms with van der Waals surface area (Å²) in [6.45, 7) is 6.48. The molecule has 2 aromatic carbocycles. The number of imidazole rings is 1. The standard InChI is InChI=1S/C23H28N4O3S/c1-4-26(5-2)22(29)17-10-12-18(13-11-17)24-21(28)16-31-23-25-19-8-6-7-9-20(19)27(23)14-15-30-3/h6-13H,4-5,14-16H2,1-3H3,(H,24,28). The van der Waals surface area contributed by atoms with Crippen molar-refractivity contribution in [2.24, 2.45) is 0 Å². The predicted molar refractivity (Wildman–Crippen MR) is 125 cm³/mol. The zero-order chi connectivity index (χ0) is 22.2. The SMILES string of the molecule is CCN(CC)C(=O)c1ccc(NC(=O)CSc2nc3ccccc3n2CCOC)cc1. The van der Waals surface area contributed by atoms with Gasteiger partial charge in [-0.25, -0.2) is 4.98 Å². The van der Waals surface area contributed by atoms with Gasteiger partial charge >= 0.3 is 0 Å². The Hall–Kier alpha value is -2.84. The van der Waals surface area contributed by atoms with Crippen LogP contribution in [0.4, 0.5) is 5.69 Å². The number of anilines is 1. The number of carbonyl (C=O) groups excluding carboxylic acids is 2. The van der Waals surface area contributed by atoms with Gasteiger partial charge < -0.3 is 19.5 Å². The molecule has 164 valence electrons. The van der Waals surface area contributed by atoms with E-state index in [-0.39, 0.29) is 17.6 Å². The highest BCUT2D eigenvalue weighted by atomic mass is 32.2. The zero-order valence-corrected chi connectivity index (χ0v) is 18.9. The Kier molecular flexibility index (Phi) is 8.08. The maximum absolute atomic E-state index is 12.5. The summed E-state index contributed by atoms with van der Waals surface area (Å²) in [5.74, 6) is 0.0998. The highest BCUT2D eigenvalue weighted by molar-refractivity contribution is 7.99. The number of rotatable bonds is 10. The molecule has 31 heavy (non-hydrogen) atoms. The summed E-state index contributed by atoms with van der Waals surface area (Å²) in [6, 6.07) is 14.9. The minimum Gasteiger partial charge on any atom is -0.383 e. The Labute approximate surface area is 186 Å². The number of benzene rings is 2. The number of para-hydroxylation sites is 2. The number of thioether (sulfide) groups is 1. The molecule has 1 heterocycles. The topological polar surface area (TPSA) is 76.5 Å². The van der Waals surface area contributed by atoms with Crippen LogP contribution >= 0.6 is 11.8 Å². The van der Waals surface area contributed by atoms with Crippen LogP contribution in [0.3, 0.4) is 0 Å². The number of ether oxygens (including phenoxy) is 1. The first kappa shape index (κ1) is 22.8. The molecule has 0 bridgehead atoms. The van der Waals surface area contributed by atoms with E-state index in [0.29, 0.717) is 37.5 Å². The van der Waals surface area contributed by atoms with Gasteiger partial charge in [0.1, 0.15) is 0 Å². The van der Waals surface area contributed by atoms with E-state index in [0.717, 1.165) is 16.2 Å². The van der Waals surface area contributed by atoms with Gasteiger partial charge in [-0.1, -0.05) is 23.9 Å². The van der Waals surface area contributed by atoms with Gasteiger partial charge in [-0.05, 0) is 50.2 Å². The molecule has 2 amide bonds. The van der Waals surface area contributed by atoms with Crippen molar-refractivity contribution in [3.05, 3.63) is 54.1 Å². The van der Waals surface area contributed by atoms with E-state index in [1.807, 2.05) is 38.1 Å². The number of hydrogen-bond acceptors (Lipinski definition) is 5. The minimum absolute atomic E-state index is 0.00612. The van der Waals surface area contributed by atoms with Gasteiger partial charge in [-0.15, -0.1) is 0 Å². The first-order chi connectivity index (χ1) is 15.1. The summed E-state index contributed by atoms with van der Waals surface area (Å²) >= 11 is 1.39.